The number of benzene rings is 1. The highest BCUT2D eigenvalue weighted by molar-refractivity contribution is 5.86. The molecule has 1 rings (SSSR count). The summed E-state index contributed by atoms with van der Waals surface area (Å²) in [5.74, 6) is 0.421. The van der Waals surface area contributed by atoms with Crippen LogP contribution in [0.4, 0.5) is 11.4 Å². The third-order valence-electron chi connectivity index (χ3n) is 3.30. The highest BCUT2D eigenvalue weighted by Crippen LogP contribution is 2.26. The predicted molar refractivity (Wildman–Crippen MR) is 71.2 cm³/mol. The van der Waals surface area contributed by atoms with Crippen LogP contribution in [0, 0.1) is 16.0 Å². The average molecular weight is 250 g/mol. The van der Waals surface area contributed by atoms with Gasteiger partial charge in [-0.2, -0.15) is 0 Å². The lowest BCUT2D eigenvalue weighted by atomic mass is 10.0. The van der Waals surface area contributed by atoms with Crippen LogP contribution in [0.3, 0.4) is 0 Å². The number of hydrogen-bond acceptors (Lipinski definition) is 4. The minimum absolute atomic E-state index is 0.0635. The van der Waals surface area contributed by atoms with Crippen molar-refractivity contribution in [2.45, 2.75) is 26.8 Å². The zero-order valence-electron chi connectivity index (χ0n) is 11.1. The summed E-state index contributed by atoms with van der Waals surface area (Å²) in [6.07, 6.45) is 0.659. The fraction of sp³-hybridized carbons (Fsp3) is 0.462. The van der Waals surface area contributed by atoms with Crippen molar-refractivity contribution in [2.24, 2.45) is 5.92 Å². The lowest BCUT2D eigenvalue weighted by molar-refractivity contribution is -0.384. The minimum atomic E-state index is -0.497. The number of aldehydes is 1. The van der Waals surface area contributed by atoms with Crippen LogP contribution >= 0.6 is 0 Å². The summed E-state index contributed by atoms with van der Waals surface area (Å²) in [5, 5.41) is 10.7. The highest BCUT2D eigenvalue weighted by Gasteiger charge is 2.18. The van der Waals surface area contributed by atoms with Gasteiger partial charge in [0.2, 0.25) is 0 Å². The van der Waals surface area contributed by atoms with Crippen LogP contribution in [0.2, 0.25) is 0 Å². The van der Waals surface area contributed by atoms with Gasteiger partial charge in [0.25, 0.3) is 5.69 Å². The molecule has 0 heterocycles. The first-order chi connectivity index (χ1) is 8.38. The monoisotopic (exact) mass is 250 g/mol. The number of non-ortho nitro benzene ring substituents is 1. The quantitative estimate of drug-likeness (QED) is 0.458. The van der Waals surface area contributed by atoms with Crippen LogP contribution in [-0.2, 0) is 0 Å². The van der Waals surface area contributed by atoms with Gasteiger partial charge in [-0.3, -0.25) is 14.9 Å². The number of nitro benzene ring substituents is 1. The van der Waals surface area contributed by atoms with Crippen LogP contribution < -0.4 is 4.90 Å². The first-order valence-corrected chi connectivity index (χ1v) is 5.85. The number of carbonyl (C=O) groups is 1. The van der Waals surface area contributed by atoms with E-state index in [-0.39, 0.29) is 11.7 Å². The normalized spacial score (nSPS) is 12.3. The lowest BCUT2D eigenvalue weighted by Gasteiger charge is -2.30. The Bertz CT molecular complexity index is 458. The van der Waals surface area contributed by atoms with Gasteiger partial charge in [0.15, 0.2) is 6.29 Å². The molecule has 1 atom stereocenters. The van der Waals surface area contributed by atoms with E-state index in [1.54, 1.807) is 6.07 Å². The Morgan fingerprint density at radius 3 is 2.39 bits per heavy atom. The van der Waals surface area contributed by atoms with Crippen molar-refractivity contribution in [3.05, 3.63) is 33.9 Å². The van der Waals surface area contributed by atoms with Gasteiger partial charge in [-0.25, -0.2) is 0 Å². The van der Waals surface area contributed by atoms with Crippen molar-refractivity contribution in [1.29, 1.82) is 0 Å². The molecule has 1 aromatic rings. The first-order valence-electron chi connectivity index (χ1n) is 5.85. The number of rotatable bonds is 5. The maximum Gasteiger partial charge on any atom is 0.270 e. The summed E-state index contributed by atoms with van der Waals surface area (Å²) in [6, 6.07) is 4.60. The Kier molecular flexibility index (Phi) is 4.42. The fourth-order valence-corrected chi connectivity index (χ4v) is 1.74. The molecule has 18 heavy (non-hydrogen) atoms. The SMILES string of the molecule is CC(C)C(C)N(C)c1ccc([N+](=O)[O-])cc1C=O. The summed E-state index contributed by atoms with van der Waals surface area (Å²) >= 11 is 0. The largest absolute Gasteiger partial charge is 0.371 e. The van der Waals surface area contributed by atoms with Crippen LogP contribution in [0.1, 0.15) is 31.1 Å². The van der Waals surface area contributed by atoms with E-state index in [4.69, 9.17) is 0 Å². The molecule has 0 aliphatic rings. The van der Waals surface area contributed by atoms with Crippen LogP contribution in [-0.4, -0.2) is 24.3 Å². The molecule has 1 aromatic carbocycles. The predicted octanol–water partition coefficient (Wildman–Crippen LogP) is 2.89. The third-order valence-corrected chi connectivity index (χ3v) is 3.30. The Labute approximate surface area is 107 Å². The van der Waals surface area contributed by atoms with E-state index in [1.807, 2.05) is 11.9 Å². The van der Waals surface area contributed by atoms with Crippen molar-refractivity contribution in [3.8, 4) is 0 Å². The molecule has 0 radical (unpaired) electrons. The zero-order valence-corrected chi connectivity index (χ0v) is 11.1. The zero-order chi connectivity index (χ0) is 13.9. The Hall–Kier alpha value is -1.91. The van der Waals surface area contributed by atoms with Crippen LogP contribution in [0.5, 0.6) is 0 Å². The van der Waals surface area contributed by atoms with Gasteiger partial charge in [0.1, 0.15) is 0 Å². The van der Waals surface area contributed by atoms with E-state index in [1.165, 1.54) is 12.1 Å². The van der Waals surface area contributed by atoms with E-state index in [0.29, 0.717) is 17.8 Å². The van der Waals surface area contributed by atoms with Crippen molar-refractivity contribution >= 4 is 17.7 Å². The first kappa shape index (κ1) is 14.2. The minimum Gasteiger partial charge on any atom is -0.371 e. The molecule has 0 saturated heterocycles. The number of nitro groups is 1. The summed E-state index contributed by atoms with van der Waals surface area (Å²) in [5.41, 5.74) is 1.00. The van der Waals surface area contributed by atoms with Crippen molar-refractivity contribution in [3.63, 3.8) is 0 Å². The maximum absolute atomic E-state index is 11.0. The molecule has 0 aliphatic carbocycles. The van der Waals surface area contributed by atoms with Crippen molar-refractivity contribution in [2.75, 3.05) is 11.9 Å². The van der Waals surface area contributed by atoms with E-state index < -0.39 is 4.92 Å². The van der Waals surface area contributed by atoms with E-state index in [9.17, 15) is 14.9 Å². The van der Waals surface area contributed by atoms with Crippen molar-refractivity contribution in [1.82, 2.24) is 0 Å². The molecule has 0 aliphatic heterocycles. The third kappa shape index (κ3) is 2.85. The van der Waals surface area contributed by atoms with Gasteiger partial charge < -0.3 is 4.90 Å². The molecule has 0 bridgehead atoms. The van der Waals surface area contributed by atoms with E-state index in [2.05, 4.69) is 20.8 Å². The highest BCUT2D eigenvalue weighted by atomic mass is 16.6. The molecule has 0 aromatic heterocycles. The number of carbonyl (C=O) groups excluding carboxylic acids is 1. The summed E-state index contributed by atoms with van der Waals surface area (Å²) in [7, 11) is 1.89. The second-order valence-electron chi connectivity index (χ2n) is 4.71. The Morgan fingerprint density at radius 1 is 1.33 bits per heavy atom. The number of anilines is 1. The van der Waals surface area contributed by atoms with Crippen LogP contribution in [0.15, 0.2) is 18.2 Å². The Balaban J connectivity index is 3.17. The standard InChI is InChI=1S/C13H18N2O3/c1-9(2)10(3)14(4)13-6-5-12(15(17)18)7-11(13)8-16/h5-10H,1-4H3. The summed E-state index contributed by atoms with van der Waals surface area (Å²) in [6.45, 7) is 6.24. The molecule has 5 heteroatoms. The maximum atomic E-state index is 11.0. The van der Waals surface area contributed by atoms with Gasteiger partial charge in [0.05, 0.1) is 4.92 Å². The molecule has 5 nitrogen and oxygen atoms in total. The summed E-state index contributed by atoms with van der Waals surface area (Å²) < 4.78 is 0. The summed E-state index contributed by atoms with van der Waals surface area (Å²) in [4.78, 5) is 23.2. The lowest BCUT2D eigenvalue weighted by Crippen LogP contribution is -2.33. The second-order valence-corrected chi connectivity index (χ2v) is 4.71. The second kappa shape index (κ2) is 5.62. The molecule has 0 saturated carbocycles. The smallest absolute Gasteiger partial charge is 0.270 e. The molecular weight excluding hydrogens is 232 g/mol. The van der Waals surface area contributed by atoms with Gasteiger partial charge in [0, 0.05) is 36.5 Å². The van der Waals surface area contributed by atoms with E-state index >= 15 is 0 Å². The topological polar surface area (TPSA) is 63.4 Å². The molecular formula is C13H18N2O3. The average Bonchev–Trinajstić information content (AvgIpc) is 2.35. The number of nitrogens with zero attached hydrogens (tertiary/aromatic N) is 2. The fourth-order valence-electron chi connectivity index (χ4n) is 1.74. The van der Waals surface area contributed by atoms with Gasteiger partial charge >= 0.3 is 0 Å². The number of hydrogen-bond donors (Lipinski definition) is 0. The molecule has 0 spiro atoms. The molecule has 0 amide bonds. The van der Waals surface area contributed by atoms with Crippen LogP contribution in [0.25, 0.3) is 0 Å². The molecule has 1 unspecified atom stereocenters. The van der Waals surface area contributed by atoms with Crippen molar-refractivity contribution < 1.29 is 9.72 Å². The molecule has 0 N–H and O–H groups in total. The molecule has 98 valence electrons. The Morgan fingerprint density at radius 2 is 1.94 bits per heavy atom. The van der Waals surface area contributed by atoms with Gasteiger partial charge in [-0.15, -0.1) is 0 Å². The molecule has 0 fully saturated rings. The van der Waals surface area contributed by atoms with E-state index in [0.717, 1.165) is 5.69 Å². The van der Waals surface area contributed by atoms with Gasteiger partial charge in [-0.1, -0.05) is 13.8 Å². The van der Waals surface area contributed by atoms with Gasteiger partial charge in [-0.05, 0) is 18.9 Å².